The summed E-state index contributed by atoms with van der Waals surface area (Å²) in [5, 5.41) is 9.47. The van der Waals surface area contributed by atoms with Gasteiger partial charge in [-0.2, -0.15) is 0 Å². The Morgan fingerprint density at radius 2 is 2.27 bits per heavy atom. The van der Waals surface area contributed by atoms with Crippen molar-refractivity contribution in [2.75, 3.05) is 13.1 Å². The lowest BCUT2D eigenvalue weighted by molar-refractivity contribution is -0.0669. The van der Waals surface area contributed by atoms with Crippen molar-refractivity contribution in [3.8, 4) is 0 Å². The van der Waals surface area contributed by atoms with Crippen molar-refractivity contribution in [3.63, 3.8) is 0 Å². The third kappa shape index (κ3) is 1.78. The number of nitrogens with zero attached hydrogens (tertiary/aromatic N) is 1. The van der Waals surface area contributed by atoms with Gasteiger partial charge >= 0.3 is 0 Å². The van der Waals surface area contributed by atoms with Crippen molar-refractivity contribution in [1.82, 2.24) is 9.88 Å². The van der Waals surface area contributed by atoms with Gasteiger partial charge in [-0.25, -0.2) is 0 Å². The lowest BCUT2D eigenvalue weighted by Crippen LogP contribution is -2.62. The number of rotatable bonds is 1. The highest BCUT2D eigenvalue weighted by atomic mass is 16.3. The van der Waals surface area contributed by atoms with Crippen LogP contribution in [0.25, 0.3) is 0 Å². The van der Waals surface area contributed by atoms with Gasteiger partial charge in [0.05, 0.1) is 18.7 Å². The van der Waals surface area contributed by atoms with Crippen LogP contribution in [0.4, 0.5) is 0 Å². The van der Waals surface area contributed by atoms with Gasteiger partial charge in [-0.05, 0) is 19.1 Å². The average Bonchev–Trinajstić information content (AvgIpc) is 2.14. The van der Waals surface area contributed by atoms with Crippen LogP contribution in [-0.2, 0) is 0 Å². The largest absolute Gasteiger partial charge is 0.386 e. The fourth-order valence-electron chi connectivity index (χ4n) is 1.68. The summed E-state index contributed by atoms with van der Waals surface area (Å²) in [5.41, 5.74) is -1.08. The predicted octanol–water partition coefficient (Wildman–Crippen LogP) is -0.418. The van der Waals surface area contributed by atoms with Crippen molar-refractivity contribution in [2.24, 2.45) is 0 Å². The maximum absolute atomic E-state index is 11.7. The van der Waals surface area contributed by atoms with Crippen LogP contribution in [0.3, 0.4) is 0 Å². The van der Waals surface area contributed by atoms with Gasteiger partial charge < -0.3 is 15.0 Å². The second-order valence-electron chi connectivity index (χ2n) is 4.07. The summed E-state index contributed by atoms with van der Waals surface area (Å²) in [6, 6.07) is 3.08. The Hall–Kier alpha value is -1.62. The van der Waals surface area contributed by atoms with E-state index in [2.05, 4.69) is 4.98 Å². The van der Waals surface area contributed by atoms with Crippen LogP contribution in [0.5, 0.6) is 0 Å². The molecule has 2 N–H and O–H groups in total. The average molecular weight is 208 g/mol. The van der Waals surface area contributed by atoms with Gasteiger partial charge in [-0.1, -0.05) is 0 Å². The highest BCUT2D eigenvalue weighted by molar-refractivity contribution is 5.94. The summed E-state index contributed by atoms with van der Waals surface area (Å²) in [6.45, 7) is 2.21. The second kappa shape index (κ2) is 3.20. The molecule has 0 radical (unpaired) electrons. The number of nitrogens with one attached hydrogen (secondary N) is 1. The Morgan fingerprint density at radius 1 is 1.60 bits per heavy atom. The molecular formula is C10H12N2O3. The van der Waals surface area contributed by atoms with Crippen LogP contribution in [0.2, 0.25) is 0 Å². The van der Waals surface area contributed by atoms with E-state index in [0.717, 1.165) is 0 Å². The van der Waals surface area contributed by atoms with E-state index < -0.39 is 11.2 Å². The number of aromatic amines is 1. The molecule has 2 heterocycles. The summed E-state index contributed by atoms with van der Waals surface area (Å²) in [5.74, 6) is -0.330. The van der Waals surface area contributed by atoms with Crippen LogP contribution in [0, 0.1) is 0 Å². The third-order valence-electron chi connectivity index (χ3n) is 2.40. The van der Waals surface area contributed by atoms with Gasteiger partial charge in [-0.3, -0.25) is 9.59 Å². The molecule has 0 aromatic carbocycles. The SMILES string of the molecule is CC1(O)CN(C(=O)c2ccc[nH]c2=O)C1. The first-order chi connectivity index (χ1) is 6.99. The first-order valence-corrected chi connectivity index (χ1v) is 4.69. The molecule has 0 spiro atoms. The number of carbonyl (C=O) groups excluding carboxylic acids is 1. The van der Waals surface area contributed by atoms with Crippen LogP contribution in [0.1, 0.15) is 17.3 Å². The zero-order chi connectivity index (χ0) is 11.1. The number of amides is 1. The van der Waals surface area contributed by atoms with Gasteiger partial charge in [0.15, 0.2) is 0 Å². The van der Waals surface area contributed by atoms with Crippen molar-refractivity contribution < 1.29 is 9.90 Å². The number of hydrogen-bond acceptors (Lipinski definition) is 3. The molecule has 1 aliphatic heterocycles. The van der Waals surface area contributed by atoms with Gasteiger partial charge in [-0.15, -0.1) is 0 Å². The van der Waals surface area contributed by atoms with E-state index >= 15 is 0 Å². The topological polar surface area (TPSA) is 73.4 Å². The van der Waals surface area contributed by atoms with Crippen LogP contribution in [0.15, 0.2) is 23.1 Å². The van der Waals surface area contributed by atoms with Gasteiger partial charge in [0.1, 0.15) is 5.56 Å². The minimum atomic E-state index is -0.808. The number of aliphatic hydroxyl groups is 1. The Morgan fingerprint density at radius 3 is 2.80 bits per heavy atom. The lowest BCUT2D eigenvalue weighted by Gasteiger charge is -2.43. The van der Waals surface area contributed by atoms with Crippen molar-refractivity contribution in [3.05, 3.63) is 34.2 Å². The molecule has 5 heteroatoms. The summed E-state index contributed by atoms with van der Waals surface area (Å²) in [7, 11) is 0. The maximum Gasteiger partial charge on any atom is 0.260 e. The molecule has 80 valence electrons. The lowest BCUT2D eigenvalue weighted by atomic mass is 9.96. The highest BCUT2D eigenvalue weighted by Gasteiger charge is 2.40. The number of carbonyl (C=O) groups is 1. The van der Waals surface area contributed by atoms with Crippen molar-refractivity contribution in [1.29, 1.82) is 0 Å². The predicted molar refractivity (Wildman–Crippen MR) is 53.6 cm³/mol. The fourth-order valence-corrected chi connectivity index (χ4v) is 1.68. The molecule has 0 atom stereocenters. The monoisotopic (exact) mass is 208 g/mol. The van der Waals surface area contributed by atoms with Gasteiger partial charge in [0.2, 0.25) is 0 Å². The molecule has 1 aromatic heterocycles. The molecule has 1 aliphatic rings. The first-order valence-electron chi connectivity index (χ1n) is 4.69. The van der Waals surface area contributed by atoms with Gasteiger partial charge in [0.25, 0.3) is 11.5 Å². The summed E-state index contributed by atoms with van der Waals surface area (Å²) >= 11 is 0. The Kier molecular flexibility index (Phi) is 2.12. The number of H-pyrrole nitrogens is 1. The second-order valence-corrected chi connectivity index (χ2v) is 4.07. The highest BCUT2D eigenvalue weighted by Crippen LogP contribution is 2.20. The minimum Gasteiger partial charge on any atom is -0.386 e. The maximum atomic E-state index is 11.7. The van der Waals surface area contributed by atoms with Crippen LogP contribution >= 0.6 is 0 Å². The number of hydrogen-bond donors (Lipinski definition) is 2. The zero-order valence-electron chi connectivity index (χ0n) is 8.36. The molecule has 5 nitrogen and oxygen atoms in total. The van der Waals surface area contributed by atoms with Crippen LogP contribution in [-0.4, -0.2) is 39.6 Å². The molecule has 1 fully saturated rings. The molecule has 1 aromatic rings. The molecule has 1 saturated heterocycles. The fraction of sp³-hybridized carbons (Fsp3) is 0.400. The first kappa shape index (κ1) is 9.92. The van der Waals surface area contributed by atoms with E-state index in [9.17, 15) is 14.7 Å². The minimum absolute atomic E-state index is 0.119. The van der Waals surface area contributed by atoms with Crippen molar-refractivity contribution >= 4 is 5.91 Å². The molecular weight excluding hydrogens is 196 g/mol. The Labute approximate surface area is 86.3 Å². The van der Waals surface area contributed by atoms with Crippen LogP contribution < -0.4 is 5.56 Å². The third-order valence-corrected chi connectivity index (χ3v) is 2.40. The van der Waals surface area contributed by atoms with E-state index in [1.54, 1.807) is 13.0 Å². The summed E-state index contributed by atoms with van der Waals surface area (Å²) in [6.07, 6.45) is 1.48. The standard InChI is InChI=1S/C10H12N2O3/c1-10(15)5-12(6-10)9(14)7-3-2-4-11-8(7)13/h2-4,15H,5-6H2,1H3,(H,11,13). The molecule has 0 aliphatic carbocycles. The number of pyridine rings is 1. The molecule has 1 amide bonds. The number of likely N-dealkylation sites (tertiary alicyclic amines) is 1. The van der Waals surface area contributed by atoms with Gasteiger partial charge in [0, 0.05) is 6.20 Å². The van der Waals surface area contributed by atoms with E-state index in [1.165, 1.54) is 17.2 Å². The quantitative estimate of drug-likeness (QED) is 0.658. The molecule has 0 unspecified atom stereocenters. The molecule has 0 saturated carbocycles. The smallest absolute Gasteiger partial charge is 0.260 e. The Balaban J connectivity index is 2.17. The summed E-state index contributed by atoms with van der Waals surface area (Å²) < 4.78 is 0. The molecule has 15 heavy (non-hydrogen) atoms. The van der Waals surface area contributed by atoms with Crippen molar-refractivity contribution in [2.45, 2.75) is 12.5 Å². The van der Waals surface area contributed by atoms with E-state index in [0.29, 0.717) is 0 Å². The van der Waals surface area contributed by atoms with E-state index in [-0.39, 0.29) is 24.6 Å². The Bertz CT molecular complexity index is 442. The molecule has 2 rings (SSSR count). The normalized spacial score (nSPS) is 18.4. The molecule has 0 bridgehead atoms. The zero-order valence-corrected chi connectivity index (χ0v) is 8.36. The number of aromatic nitrogens is 1. The van der Waals surface area contributed by atoms with E-state index in [4.69, 9.17) is 0 Å². The number of β-amino-alcohol motifs (C(OH)–C–C–N with tert-alkyl or cyclic N) is 1. The summed E-state index contributed by atoms with van der Waals surface area (Å²) in [4.78, 5) is 26.9. The van der Waals surface area contributed by atoms with E-state index in [1.807, 2.05) is 0 Å².